The van der Waals surface area contributed by atoms with E-state index in [1.807, 2.05) is 25.8 Å². The van der Waals surface area contributed by atoms with E-state index in [1.165, 1.54) is 0 Å². The SMILES string of the molecule is CC(C)N(C)C(=O)N1CCN2C[C@@H](F)C[C@H]2C1. The van der Waals surface area contributed by atoms with Crippen LogP contribution in [0, 0.1) is 0 Å². The van der Waals surface area contributed by atoms with Gasteiger partial charge < -0.3 is 9.80 Å². The third-order valence-electron chi connectivity index (χ3n) is 3.91. The van der Waals surface area contributed by atoms with E-state index < -0.39 is 6.17 Å². The zero-order valence-electron chi connectivity index (χ0n) is 10.9. The van der Waals surface area contributed by atoms with Crippen LogP contribution in [0.3, 0.4) is 0 Å². The second kappa shape index (κ2) is 4.80. The van der Waals surface area contributed by atoms with E-state index in [0.29, 0.717) is 19.5 Å². The van der Waals surface area contributed by atoms with Gasteiger partial charge in [0.15, 0.2) is 0 Å². The topological polar surface area (TPSA) is 26.8 Å². The van der Waals surface area contributed by atoms with Crippen molar-refractivity contribution in [2.45, 2.75) is 38.5 Å². The molecule has 0 saturated carbocycles. The number of nitrogens with zero attached hydrogens (tertiary/aromatic N) is 3. The summed E-state index contributed by atoms with van der Waals surface area (Å²) < 4.78 is 13.3. The van der Waals surface area contributed by atoms with Gasteiger partial charge in [0.1, 0.15) is 6.17 Å². The van der Waals surface area contributed by atoms with Crippen molar-refractivity contribution >= 4 is 6.03 Å². The molecular weight excluding hydrogens is 221 g/mol. The Kier molecular flexibility index (Phi) is 3.56. The molecule has 2 atom stereocenters. The Bertz CT molecular complexity index is 297. The van der Waals surface area contributed by atoms with E-state index in [-0.39, 0.29) is 18.1 Å². The number of hydrogen-bond donors (Lipinski definition) is 0. The molecule has 2 heterocycles. The fourth-order valence-electron chi connectivity index (χ4n) is 2.60. The van der Waals surface area contributed by atoms with Crippen LogP contribution in [0.25, 0.3) is 0 Å². The van der Waals surface area contributed by atoms with E-state index in [1.54, 1.807) is 4.90 Å². The number of carbonyl (C=O) groups is 1. The highest BCUT2D eigenvalue weighted by Crippen LogP contribution is 2.24. The quantitative estimate of drug-likeness (QED) is 0.691. The number of alkyl halides is 1. The normalized spacial score (nSPS) is 29.6. The molecule has 2 rings (SSSR count). The molecule has 0 aromatic rings. The number of piperazine rings is 1. The summed E-state index contributed by atoms with van der Waals surface area (Å²) in [5.41, 5.74) is 0. The summed E-state index contributed by atoms with van der Waals surface area (Å²) in [6.45, 7) is 6.76. The number of carbonyl (C=O) groups excluding carboxylic acids is 1. The van der Waals surface area contributed by atoms with Gasteiger partial charge in [-0.05, 0) is 20.3 Å². The lowest BCUT2D eigenvalue weighted by molar-refractivity contribution is 0.0949. The average molecular weight is 243 g/mol. The molecule has 0 aliphatic carbocycles. The lowest BCUT2D eigenvalue weighted by Crippen LogP contribution is -2.55. The molecule has 0 radical (unpaired) electrons. The minimum Gasteiger partial charge on any atom is -0.325 e. The Balaban J connectivity index is 1.94. The van der Waals surface area contributed by atoms with Gasteiger partial charge in [-0.2, -0.15) is 0 Å². The summed E-state index contributed by atoms with van der Waals surface area (Å²) in [6.07, 6.45) is -0.132. The smallest absolute Gasteiger partial charge is 0.320 e. The first kappa shape index (κ1) is 12.6. The van der Waals surface area contributed by atoms with Crippen LogP contribution in [0.1, 0.15) is 20.3 Å². The molecule has 5 heteroatoms. The number of halogens is 1. The molecule has 2 saturated heterocycles. The minimum atomic E-state index is -0.710. The summed E-state index contributed by atoms with van der Waals surface area (Å²) in [6, 6.07) is 0.503. The van der Waals surface area contributed by atoms with Gasteiger partial charge in [-0.1, -0.05) is 0 Å². The molecule has 0 bridgehead atoms. The summed E-state index contributed by atoms with van der Waals surface area (Å²) >= 11 is 0. The van der Waals surface area contributed by atoms with Crippen LogP contribution in [-0.4, -0.2) is 72.2 Å². The Hall–Kier alpha value is -0.840. The van der Waals surface area contributed by atoms with Crippen molar-refractivity contribution in [3.63, 3.8) is 0 Å². The number of hydrogen-bond acceptors (Lipinski definition) is 2. The maximum absolute atomic E-state index is 13.3. The minimum absolute atomic E-state index is 0.0713. The molecule has 4 nitrogen and oxygen atoms in total. The fraction of sp³-hybridized carbons (Fsp3) is 0.917. The van der Waals surface area contributed by atoms with Gasteiger partial charge in [0.25, 0.3) is 0 Å². The van der Waals surface area contributed by atoms with Crippen LogP contribution in [0.4, 0.5) is 9.18 Å². The molecule has 0 unspecified atom stereocenters. The first-order valence-electron chi connectivity index (χ1n) is 6.39. The van der Waals surface area contributed by atoms with Crippen molar-refractivity contribution in [2.24, 2.45) is 0 Å². The molecule has 2 aliphatic heterocycles. The third kappa shape index (κ3) is 2.54. The van der Waals surface area contributed by atoms with Crippen molar-refractivity contribution in [2.75, 3.05) is 33.2 Å². The predicted molar refractivity (Wildman–Crippen MR) is 64.7 cm³/mol. The van der Waals surface area contributed by atoms with Crippen LogP contribution in [0.15, 0.2) is 0 Å². The average Bonchev–Trinajstić information content (AvgIpc) is 2.65. The fourth-order valence-corrected chi connectivity index (χ4v) is 2.60. The Labute approximate surface area is 102 Å². The first-order valence-corrected chi connectivity index (χ1v) is 6.39. The molecule has 0 aromatic heterocycles. The van der Waals surface area contributed by atoms with Crippen molar-refractivity contribution < 1.29 is 9.18 Å². The second-order valence-electron chi connectivity index (χ2n) is 5.41. The van der Waals surface area contributed by atoms with E-state index in [9.17, 15) is 9.18 Å². The van der Waals surface area contributed by atoms with Crippen molar-refractivity contribution in [1.29, 1.82) is 0 Å². The highest BCUT2D eigenvalue weighted by atomic mass is 19.1. The van der Waals surface area contributed by atoms with E-state index in [2.05, 4.69) is 4.90 Å². The van der Waals surface area contributed by atoms with Gasteiger partial charge in [0.2, 0.25) is 0 Å². The molecule has 2 amide bonds. The van der Waals surface area contributed by atoms with Gasteiger partial charge in [0, 0.05) is 45.3 Å². The number of amides is 2. The van der Waals surface area contributed by atoms with Crippen LogP contribution in [-0.2, 0) is 0 Å². The summed E-state index contributed by atoms with van der Waals surface area (Å²) in [4.78, 5) is 17.9. The largest absolute Gasteiger partial charge is 0.325 e. The predicted octanol–water partition coefficient (Wildman–Crippen LogP) is 1.17. The van der Waals surface area contributed by atoms with Crippen LogP contribution in [0.2, 0.25) is 0 Å². The van der Waals surface area contributed by atoms with E-state index >= 15 is 0 Å². The molecule has 98 valence electrons. The lowest BCUT2D eigenvalue weighted by atomic mass is 10.1. The molecule has 17 heavy (non-hydrogen) atoms. The van der Waals surface area contributed by atoms with Gasteiger partial charge in [-0.25, -0.2) is 9.18 Å². The van der Waals surface area contributed by atoms with Gasteiger partial charge >= 0.3 is 6.03 Å². The Morgan fingerprint density at radius 2 is 2.06 bits per heavy atom. The van der Waals surface area contributed by atoms with Gasteiger partial charge in [0.05, 0.1) is 0 Å². The first-order chi connectivity index (χ1) is 7.99. The van der Waals surface area contributed by atoms with Crippen LogP contribution in [0.5, 0.6) is 0 Å². The monoisotopic (exact) mass is 243 g/mol. The van der Waals surface area contributed by atoms with Crippen molar-refractivity contribution in [3.05, 3.63) is 0 Å². The lowest BCUT2D eigenvalue weighted by Gasteiger charge is -2.39. The third-order valence-corrected chi connectivity index (χ3v) is 3.91. The highest BCUT2D eigenvalue weighted by molar-refractivity contribution is 5.74. The second-order valence-corrected chi connectivity index (χ2v) is 5.41. The van der Waals surface area contributed by atoms with Crippen LogP contribution < -0.4 is 0 Å². The highest BCUT2D eigenvalue weighted by Gasteiger charge is 2.38. The van der Waals surface area contributed by atoms with Gasteiger partial charge in [-0.3, -0.25) is 4.90 Å². The zero-order chi connectivity index (χ0) is 12.6. The van der Waals surface area contributed by atoms with E-state index in [0.717, 1.165) is 13.1 Å². The zero-order valence-corrected chi connectivity index (χ0v) is 10.9. The Morgan fingerprint density at radius 3 is 2.71 bits per heavy atom. The summed E-state index contributed by atoms with van der Waals surface area (Å²) in [5.74, 6) is 0. The standard InChI is InChI=1S/C12H22FN3O/c1-9(2)14(3)12(17)16-5-4-15-7-10(13)6-11(15)8-16/h9-11H,4-8H2,1-3H3/t10-,11-/m0/s1. The maximum atomic E-state index is 13.3. The van der Waals surface area contributed by atoms with Crippen molar-refractivity contribution in [1.82, 2.24) is 14.7 Å². The van der Waals surface area contributed by atoms with Crippen molar-refractivity contribution in [3.8, 4) is 0 Å². The summed E-state index contributed by atoms with van der Waals surface area (Å²) in [7, 11) is 1.83. The molecule has 0 N–H and O–H groups in total. The van der Waals surface area contributed by atoms with E-state index in [4.69, 9.17) is 0 Å². The van der Waals surface area contributed by atoms with Gasteiger partial charge in [-0.15, -0.1) is 0 Å². The molecule has 0 aromatic carbocycles. The number of urea groups is 1. The number of rotatable bonds is 1. The molecule has 2 fully saturated rings. The maximum Gasteiger partial charge on any atom is 0.320 e. The number of fused-ring (bicyclic) bond motifs is 1. The molecule has 0 spiro atoms. The molecule has 2 aliphatic rings. The van der Waals surface area contributed by atoms with Crippen LogP contribution >= 0.6 is 0 Å². The Morgan fingerprint density at radius 1 is 1.35 bits per heavy atom. The molecular formula is C12H22FN3O. The summed E-state index contributed by atoms with van der Waals surface area (Å²) in [5, 5.41) is 0.